The van der Waals surface area contributed by atoms with Gasteiger partial charge in [-0.3, -0.25) is 9.89 Å². The lowest BCUT2D eigenvalue weighted by atomic mass is 10.0. The van der Waals surface area contributed by atoms with E-state index in [1.165, 1.54) is 5.56 Å². The number of likely N-dealkylation sites (N-methyl/N-ethyl adjacent to an activating group) is 3. The number of nitrogens with one attached hydrogen (secondary N) is 2. The van der Waals surface area contributed by atoms with Crippen molar-refractivity contribution in [2.75, 3.05) is 34.2 Å². The van der Waals surface area contributed by atoms with E-state index < -0.39 is 0 Å². The van der Waals surface area contributed by atoms with Crippen LogP contribution in [0.15, 0.2) is 30.5 Å². The summed E-state index contributed by atoms with van der Waals surface area (Å²) in [6.07, 6.45) is 2.38. The van der Waals surface area contributed by atoms with Gasteiger partial charge in [-0.15, -0.1) is 0 Å². The zero-order valence-electron chi connectivity index (χ0n) is 16.5. The largest absolute Gasteiger partial charge is 0.343 e. The van der Waals surface area contributed by atoms with Crippen LogP contribution in [0.2, 0.25) is 0 Å². The number of aromatic amines is 1. The van der Waals surface area contributed by atoms with Crippen molar-refractivity contribution < 1.29 is 4.79 Å². The van der Waals surface area contributed by atoms with E-state index in [4.69, 9.17) is 0 Å². The second kappa shape index (κ2) is 9.50. The van der Waals surface area contributed by atoms with Crippen molar-refractivity contribution >= 4 is 5.91 Å². The van der Waals surface area contributed by atoms with Crippen molar-refractivity contribution in [3.63, 3.8) is 0 Å². The first-order valence-electron chi connectivity index (χ1n) is 9.13. The molecule has 0 saturated carbocycles. The Balaban J connectivity index is 2.05. The minimum Gasteiger partial charge on any atom is -0.343 e. The number of hydrogen-bond donors (Lipinski definition) is 2. The molecule has 0 fully saturated rings. The molecule has 6 nitrogen and oxygen atoms in total. The lowest BCUT2D eigenvalue weighted by molar-refractivity contribution is -0.130. The predicted octanol–water partition coefficient (Wildman–Crippen LogP) is 2.14. The maximum atomic E-state index is 12.2. The molecule has 1 amide bonds. The molecule has 0 aliphatic heterocycles. The first-order chi connectivity index (χ1) is 12.4. The number of aromatic nitrogens is 2. The topological polar surface area (TPSA) is 64.3 Å². The van der Waals surface area contributed by atoms with E-state index in [-0.39, 0.29) is 11.9 Å². The summed E-state index contributed by atoms with van der Waals surface area (Å²) in [5.41, 5.74) is 4.23. The SMILES string of the molecule is CNCCN(C)Cc1c[nH]nc1-c1ccc(CC(=O)N(C)C(C)C)cc1. The number of hydrogen-bond acceptors (Lipinski definition) is 4. The van der Waals surface area contributed by atoms with Crippen LogP contribution in [0.3, 0.4) is 0 Å². The van der Waals surface area contributed by atoms with Crippen LogP contribution in [-0.2, 0) is 17.8 Å². The fourth-order valence-electron chi connectivity index (χ4n) is 2.73. The van der Waals surface area contributed by atoms with Gasteiger partial charge in [0.1, 0.15) is 0 Å². The molecule has 0 spiro atoms. The summed E-state index contributed by atoms with van der Waals surface area (Å²) in [5, 5.41) is 10.6. The van der Waals surface area contributed by atoms with Crippen molar-refractivity contribution in [2.24, 2.45) is 0 Å². The Bertz CT molecular complexity index is 692. The van der Waals surface area contributed by atoms with Gasteiger partial charge in [-0.25, -0.2) is 0 Å². The van der Waals surface area contributed by atoms with Gasteiger partial charge in [0.2, 0.25) is 5.91 Å². The van der Waals surface area contributed by atoms with E-state index >= 15 is 0 Å². The molecule has 2 N–H and O–H groups in total. The summed E-state index contributed by atoms with van der Waals surface area (Å²) in [6, 6.07) is 8.35. The van der Waals surface area contributed by atoms with Crippen molar-refractivity contribution in [2.45, 2.75) is 32.9 Å². The number of rotatable bonds is 9. The van der Waals surface area contributed by atoms with Crippen LogP contribution < -0.4 is 5.32 Å². The smallest absolute Gasteiger partial charge is 0.226 e. The van der Waals surface area contributed by atoms with E-state index in [0.717, 1.165) is 36.5 Å². The van der Waals surface area contributed by atoms with Crippen molar-refractivity contribution in [1.29, 1.82) is 0 Å². The van der Waals surface area contributed by atoms with Gasteiger partial charge in [-0.1, -0.05) is 24.3 Å². The van der Waals surface area contributed by atoms with Crippen molar-refractivity contribution in [3.8, 4) is 11.3 Å². The lowest BCUT2D eigenvalue weighted by Gasteiger charge is -2.21. The molecular weight excluding hydrogens is 326 g/mol. The molecule has 0 aliphatic rings. The van der Waals surface area contributed by atoms with Gasteiger partial charge in [-0.05, 0) is 33.5 Å². The highest BCUT2D eigenvalue weighted by Crippen LogP contribution is 2.22. The second-order valence-corrected chi connectivity index (χ2v) is 7.07. The van der Waals surface area contributed by atoms with Crippen LogP contribution in [0.5, 0.6) is 0 Å². The standard InChI is InChI=1S/C20H31N5O/c1-15(2)25(5)19(26)12-16-6-8-17(9-7-16)20-18(13-22-23-20)14-24(4)11-10-21-3/h6-9,13,15,21H,10-12,14H2,1-5H3,(H,22,23). The van der Waals surface area contributed by atoms with Crippen molar-refractivity contribution in [1.82, 2.24) is 25.3 Å². The average Bonchev–Trinajstić information content (AvgIpc) is 3.07. The lowest BCUT2D eigenvalue weighted by Crippen LogP contribution is -2.34. The molecule has 2 rings (SSSR count). The van der Waals surface area contributed by atoms with Crippen molar-refractivity contribution in [3.05, 3.63) is 41.6 Å². The number of carbonyl (C=O) groups is 1. The second-order valence-electron chi connectivity index (χ2n) is 7.07. The predicted molar refractivity (Wildman–Crippen MR) is 106 cm³/mol. The Hall–Kier alpha value is -2.18. The summed E-state index contributed by atoms with van der Waals surface area (Å²) >= 11 is 0. The minimum atomic E-state index is 0.138. The summed E-state index contributed by atoms with van der Waals surface area (Å²) in [7, 11) is 5.92. The van der Waals surface area contributed by atoms with Gasteiger partial charge in [0.05, 0.1) is 12.1 Å². The molecule has 0 aliphatic carbocycles. The molecule has 6 heteroatoms. The Morgan fingerprint density at radius 1 is 1.23 bits per heavy atom. The number of carbonyl (C=O) groups excluding carboxylic acids is 1. The Morgan fingerprint density at radius 3 is 2.54 bits per heavy atom. The van der Waals surface area contributed by atoms with Crippen LogP contribution in [0.1, 0.15) is 25.0 Å². The number of benzene rings is 1. The van der Waals surface area contributed by atoms with E-state index in [0.29, 0.717) is 6.42 Å². The molecule has 1 aromatic carbocycles. The Kier molecular flexibility index (Phi) is 7.36. The molecule has 0 atom stereocenters. The van der Waals surface area contributed by atoms with E-state index in [1.54, 1.807) is 4.90 Å². The van der Waals surface area contributed by atoms with Gasteiger partial charge in [0.25, 0.3) is 0 Å². The van der Waals surface area contributed by atoms with Gasteiger partial charge >= 0.3 is 0 Å². The van der Waals surface area contributed by atoms with Crippen LogP contribution in [0.25, 0.3) is 11.3 Å². The number of H-pyrrole nitrogens is 1. The first-order valence-corrected chi connectivity index (χ1v) is 9.13. The molecule has 0 radical (unpaired) electrons. The van der Waals surface area contributed by atoms with Crippen LogP contribution in [0.4, 0.5) is 0 Å². The maximum Gasteiger partial charge on any atom is 0.226 e. The quantitative estimate of drug-likeness (QED) is 0.722. The van der Waals surface area contributed by atoms with Crippen LogP contribution in [0, 0.1) is 0 Å². The molecule has 1 heterocycles. The van der Waals surface area contributed by atoms with E-state index in [1.807, 2.05) is 58.4 Å². The molecule has 0 unspecified atom stereocenters. The first kappa shape index (κ1) is 20.1. The van der Waals surface area contributed by atoms with Crippen LogP contribution in [-0.4, -0.2) is 66.2 Å². The molecule has 26 heavy (non-hydrogen) atoms. The third-order valence-corrected chi connectivity index (χ3v) is 4.65. The zero-order chi connectivity index (χ0) is 19.1. The molecule has 0 saturated heterocycles. The summed E-state index contributed by atoms with van der Waals surface area (Å²) in [6.45, 7) is 6.82. The normalized spacial score (nSPS) is 11.3. The summed E-state index contributed by atoms with van der Waals surface area (Å²) in [4.78, 5) is 16.3. The third kappa shape index (κ3) is 5.41. The maximum absolute atomic E-state index is 12.2. The average molecular weight is 358 g/mol. The van der Waals surface area contributed by atoms with Gasteiger partial charge < -0.3 is 15.1 Å². The van der Waals surface area contributed by atoms with E-state index in [2.05, 4.69) is 27.5 Å². The number of amides is 1. The Labute approximate surface area is 156 Å². The van der Waals surface area contributed by atoms with Gasteiger partial charge in [0.15, 0.2) is 0 Å². The molecule has 142 valence electrons. The summed E-state index contributed by atoms with van der Waals surface area (Å²) in [5.74, 6) is 0.138. The molecule has 1 aromatic heterocycles. The molecule has 2 aromatic rings. The van der Waals surface area contributed by atoms with Crippen LogP contribution >= 0.6 is 0 Å². The van der Waals surface area contributed by atoms with Gasteiger partial charge in [0, 0.05) is 50.0 Å². The fraction of sp³-hybridized carbons (Fsp3) is 0.500. The third-order valence-electron chi connectivity index (χ3n) is 4.65. The highest BCUT2D eigenvalue weighted by Gasteiger charge is 2.14. The van der Waals surface area contributed by atoms with Gasteiger partial charge in [-0.2, -0.15) is 5.10 Å². The highest BCUT2D eigenvalue weighted by atomic mass is 16.2. The molecule has 0 bridgehead atoms. The summed E-state index contributed by atoms with van der Waals surface area (Å²) < 4.78 is 0. The molecular formula is C20H31N5O. The Morgan fingerprint density at radius 2 is 1.92 bits per heavy atom. The highest BCUT2D eigenvalue weighted by molar-refractivity contribution is 5.79. The minimum absolute atomic E-state index is 0.138. The van der Waals surface area contributed by atoms with E-state index in [9.17, 15) is 4.79 Å². The zero-order valence-corrected chi connectivity index (χ0v) is 16.5. The fourth-order valence-corrected chi connectivity index (χ4v) is 2.73. The monoisotopic (exact) mass is 357 g/mol. The number of nitrogens with zero attached hydrogens (tertiary/aromatic N) is 3.